The molecule has 0 radical (unpaired) electrons. The van der Waals surface area contributed by atoms with E-state index in [1.165, 1.54) is 24.0 Å². The van der Waals surface area contributed by atoms with Gasteiger partial charge in [0, 0.05) is 5.69 Å². The number of carbonyl (C=O) groups is 1. The van der Waals surface area contributed by atoms with Crippen molar-refractivity contribution in [1.29, 1.82) is 0 Å². The third kappa shape index (κ3) is 3.80. The first-order valence-corrected chi connectivity index (χ1v) is 8.72. The Morgan fingerprint density at radius 3 is 2.71 bits per heavy atom. The maximum Gasteiger partial charge on any atom is 0.348 e. The molecule has 0 atom stereocenters. The number of esters is 1. The molecule has 0 saturated heterocycles. The van der Waals surface area contributed by atoms with E-state index in [0.717, 1.165) is 15.6 Å². The molecule has 1 N–H and O–H groups in total. The molecule has 0 saturated carbocycles. The van der Waals surface area contributed by atoms with Gasteiger partial charge in [-0.2, -0.15) is 0 Å². The topological polar surface area (TPSA) is 38.3 Å². The summed E-state index contributed by atoms with van der Waals surface area (Å²) >= 11 is 3.07. The number of nitrogens with one attached hydrogen (secondary N) is 1. The Morgan fingerprint density at radius 2 is 2.10 bits per heavy atom. The molecule has 112 valence electrons. The summed E-state index contributed by atoms with van der Waals surface area (Å²) in [4.78, 5) is 12.3. The zero-order chi connectivity index (χ0) is 15.4. The van der Waals surface area contributed by atoms with E-state index in [1.807, 2.05) is 24.5 Å². The highest BCUT2D eigenvalue weighted by molar-refractivity contribution is 8.00. The van der Waals surface area contributed by atoms with Crippen molar-refractivity contribution in [2.24, 2.45) is 0 Å². The fourth-order valence-corrected chi connectivity index (χ4v) is 3.64. The van der Waals surface area contributed by atoms with Crippen LogP contribution in [-0.2, 0) is 4.74 Å². The van der Waals surface area contributed by atoms with Gasteiger partial charge in [-0.3, -0.25) is 0 Å². The second-order valence-corrected chi connectivity index (χ2v) is 7.04. The van der Waals surface area contributed by atoms with Gasteiger partial charge in [0.05, 0.1) is 17.0 Å². The third-order valence-corrected chi connectivity index (χ3v) is 5.35. The van der Waals surface area contributed by atoms with Gasteiger partial charge in [-0.15, -0.1) is 23.1 Å². The molecule has 0 amide bonds. The average Bonchev–Trinajstić information content (AvgIpc) is 2.89. The van der Waals surface area contributed by atoms with Crippen LogP contribution in [0.1, 0.15) is 35.0 Å². The van der Waals surface area contributed by atoms with Crippen molar-refractivity contribution in [2.75, 3.05) is 18.7 Å². The molecule has 5 heteroatoms. The second-order valence-electron chi connectivity index (χ2n) is 4.91. The molecule has 0 fully saturated rings. The van der Waals surface area contributed by atoms with E-state index in [9.17, 15) is 4.79 Å². The molecule has 2 rings (SSSR count). The molecule has 1 aromatic heterocycles. The fourth-order valence-electron chi connectivity index (χ4n) is 1.95. The highest BCUT2D eigenvalue weighted by Gasteiger charge is 2.15. The number of hydrogen-bond donors (Lipinski definition) is 1. The fraction of sp³-hybridized carbons (Fsp3) is 0.312. The first kappa shape index (κ1) is 15.9. The highest BCUT2D eigenvalue weighted by atomic mass is 32.2. The first-order chi connectivity index (χ1) is 10.0. The van der Waals surface area contributed by atoms with E-state index in [0.29, 0.717) is 10.8 Å². The van der Waals surface area contributed by atoms with E-state index in [-0.39, 0.29) is 5.97 Å². The van der Waals surface area contributed by atoms with E-state index in [1.54, 1.807) is 11.8 Å². The predicted molar refractivity (Wildman–Crippen MR) is 91.3 cm³/mol. The lowest BCUT2D eigenvalue weighted by Gasteiger charge is -2.10. The zero-order valence-corrected chi connectivity index (χ0v) is 14.2. The Morgan fingerprint density at radius 1 is 1.33 bits per heavy atom. The molecule has 0 bridgehead atoms. The number of benzene rings is 1. The largest absolute Gasteiger partial charge is 0.465 e. The van der Waals surface area contributed by atoms with Crippen molar-refractivity contribution in [1.82, 2.24) is 0 Å². The summed E-state index contributed by atoms with van der Waals surface area (Å²) < 4.78 is 5.86. The Balaban J connectivity index is 2.28. The van der Waals surface area contributed by atoms with Crippen LogP contribution in [0.5, 0.6) is 0 Å². The van der Waals surface area contributed by atoms with Crippen molar-refractivity contribution in [3.05, 3.63) is 40.8 Å². The SMILES string of the molecule is COC(=O)c1cc(Nc2cccc(C(C)C)c2)c(SC)s1. The summed E-state index contributed by atoms with van der Waals surface area (Å²) in [5, 5.41) is 3.40. The number of rotatable bonds is 5. The van der Waals surface area contributed by atoms with Gasteiger partial charge in [-0.25, -0.2) is 4.79 Å². The molecule has 21 heavy (non-hydrogen) atoms. The lowest BCUT2D eigenvalue weighted by Crippen LogP contribution is -1.97. The lowest BCUT2D eigenvalue weighted by atomic mass is 10.0. The van der Waals surface area contributed by atoms with E-state index < -0.39 is 0 Å². The molecule has 1 heterocycles. The van der Waals surface area contributed by atoms with E-state index in [2.05, 4.69) is 31.3 Å². The van der Waals surface area contributed by atoms with Crippen LogP contribution in [0.2, 0.25) is 0 Å². The normalized spacial score (nSPS) is 10.7. The minimum Gasteiger partial charge on any atom is -0.465 e. The smallest absolute Gasteiger partial charge is 0.348 e. The second kappa shape index (κ2) is 7.00. The van der Waals surface area contributed by atoms with Crippen molar-refractivity contribution in [2.45, 2.75) is 24.0 Å². The molecular weight excluding hydrogens is 302 g/mol. The summed E-state index contributed by atoms with van der Waals surface area (Å²) in [6, 6.07) is 10.2. The van der Waals surface area contributed by atoms with Gasteiger partial charge in [-0.05, 0) is 35.9 Å². The summed E-state index contributed by atoms with van der Waals surface area (Å²) in [7, 11) is 1.40. The van der Waals surface area contributed by atoms with Crippen LogP contribution in [0.3, 0.4) is 0 Å². The van der Waals surface area contributed by atoms with Crippen molar-refractivity contribution in [3.8, 4) is 0 Å². The molecule has 3 nitrogen and oxygen atoms in total. The van der Waals surface area contributed by atoms with Crippen LogP contribution in [0.15, 0.2) is 34.5 Å². The summed E-state index contributed by atoms with van der Waals surface area (Å²) in [5.41, 5.74) is 3.27. The number of anilines is 2. The van der Waals surface area contributed by atoms with Crippen LogP contribution in [0, 0.1) is 0 Å². The Bertz CT molecular complexity index is 635. The molecule has 0 aliphatic rings. The van der Waals surface area contributed by atoms with Crippen molar-refractivity contribution >= 4 is 40.4 Å². The molecular formula is C16H19NO2S2. The van der Waals surface area contributed by atoms with Crippen molar-refractivity contribution < 1.29 is 9.53 Å². The monoisotopic (exact) mass is 321 g/mol. The molecule has 2 aromatic rings. The quantitative estimate of drug-likeness (QED) is 0.612. The molecule has 0 spiro atoms. The van der Waals surface area contributed by atoms with E-state index in [4.69, 9.17) is 4.74 Å². The van der Waals surface area contributed by atoms with Crippen LogP contribution >= 0.6 is 23.1 Å². The average molecular weight is 321 g/mol. The summed E-state index contributed by atoms with van der Waals surface area (Å²) in [6.07, 6.45) is 2.00. The highest BCUT2D eigenvalue weighted by Crippen LogP contribution is 2.37. The Labute approximate surface area is 133 Å². The van der Waals surface area contributed by atoms with Gasteiger partial charge in [0.25, 0.3) is 0 Å². The van der Waals surface area contributed by atoms with Gasteiger partial charge >= 0.3 is 5.97 Å². The zero-order valence-electron chi connectivity index (χ0n) is 12.6. The van der Waals surface area contributed by atoms with E-state index >= 15 is 0 Å². The Kier molecular flexibility index (Phi) is 5.31. The van der Waals surface area contributed by atoms with Gasteiger partial charge in [0.15, 0.2) is 0 Å². The maximum atomic E-state index is 11.6. The van der Waals surface area contributed by atoms with Crippen LogP contribution in [0.4, 0.5) is 11.4 Å². The van der Waals surface area contributed by atoms with Gasteiger partial charge in [0.1, 0.15) is 4.88 Å². The number of thioether (sulfide) groups is 1. The maximum absolute atomic E-state index is 11.6. The first-order valence-electron chi connectivity index (χ1n) is 6.68. The molecule has 0 aliphatic carbocycles. The number of ether oxygens (including phenoxy) is 1. The minimum atomic E-state index is -0.292. The van der Waals surface area contributed by atoms with Crippen molar-refractivity contribution in [3.63, 3.8) is 0 Å². The number of thiophene rings is 1. The number of methoxy groups -OCH3 is 1. The number of hydrogen-bond acceptors (Lipinski definition) is 5. The molecule has 1 aromatic carbocycles. The summed E-state index contributed by atoms with van der Waals surface area (Å²) in [6.45, 7) is 4.35. The van der Waals surface area contributed by atoms with Gasteiger partial charge in [-0.1, -0.05) is 26.0 Å². The Hall–Kier alpha value is -1.46. The van der Waals surface area contributed by atoms with Gasteiger partial charge in [0.2, 0.25) is 0 Å². The molecule has 0 aliphatic heterocycles. The number of carbonyl (C=O) groups excluding carboxylic acids is 1. The predicted octanol–water partition coefficient (Wildman–Crippen LogP) is 5.12. The van der Waals surface area contributed by atoms with Gasteiger partial charge < -0.3 is 10.1 Å². The van der Waals surface area contributed by atoms with Crippen LogP contribution in [-0.4, -0.2) is 19.3 Å². The molecule has 0 unspecified atom stereocenters. The third-order valence-electron chi connectivity index (χ3n) is 3.10. The van der Waals surface area contributed by atoms with Crippen LogP contribution in [0.25, 0.3) is 0 Å². The lowest BCUT2D eigenvalue weighted by molar-refractivity contribution is 0.0606. The summed E-state index contributed by atoms with van der Waals surface area (Å²) in [5.74, 6) is 0.194. The minimum absolute atomic E-state index is 0.292. The standard InChI is InChI=1S/C16H19NO2S2/c1-10(2)11-6-5-7-12(8-11)17-13-9-14(15(18)19-3)21-16(13)20-4/h5-10,17H,1-4H3. The van der Waals surface area contributed by atoms with Crippen LogP contribution < -0.4 is 5.32 Å².